The number of benzene rings is 2. The Morgan fingerprint density at radius 2 is 1.42 bits per heavy atom. The summed E-state index contributed by atoms with van der Waals surface area (Å²) in [5.41, 5.74) is 0.846. The molecule has 0 saturated heterocycles. The molecule has 2 aromatic carbocycles. The van der Waals surface area contributed by atoms with Gasteiger partial charge in [-0.05, 0) is 56.2 Å². The maximum Gasteiger partial charge on any atom is 0.389 e. The van der Waals surface area contributed by atoms with E-state index >= 15 is 0 Å². The predicted octanol–water partition coefficient (Wildman–Crippen LogP) is 7.31. The van der Waals surface area contributed by atoms with Gasteiger partial charge in [0, 0.05) is 65.9 Å². The lowest BCUT2D eigenvalue weighted by molar-refractivity contribution is -0.439. The topological polar surface area (TPSA) is 118 Å². The molecular weight excluding hydrogens is 670 g/mol. The van der Waals surface area contributed by atoms with Gasteiger partial charge in [-0.2, -0.15) is 30.9 Å². The van der Waals surface area contributed by atoms with Gasteiger partial charge in [-0.1, -0.05) is 19.9 Å². The number of carboxylic acid groups (broad SMARTS) is 2. The second-order valence-electron chi connectivity index (χ2n) is 13.9. The Morgan fingerprint density at radius 3 is 1.98 bits per heavy atom. The molecule has 50 heavy (non-hydrogen) atoms. The van der Waals surface area contributed by atoms with E-state index < -0.39 is 65.8 Å². The molecule has 3 aliphatic rings. The molecule has 2 heterocycles. The van der Waals surface area contributed by atoms with Crippen LogP contribution in [0.2, 0.25) is 0 Å². The molecule has 268 valence electrons. The molecule has 8 nitrogen and oxygen atoms in total. The number of ketones is 1. The Hall–Kier alpha value is -4.46. The van der Waals surface area contributed by atoms with Crippen molar-refractivity contribution >= 4 is 34.8 Å². The van der Waals surface area contributed by atoms with Crippen LogP contribution >= 0.6 is 0 Å². The van der Waals surface area contributed by atoms with Crippen molar-refractivity contribution in [3.8, 4) is 0 Å². The van der Waals surface area contributed by atoms with Gasteiger partial charge in [0.15, 0.2) is 11.5 Å². The van der Waals surface area contributed by atoms with E-state index in [1.165, 1.54) is 48.6 Å². The fraction of sp³-hybridized carbons (Fsp3) is 0.444. The molecule has 0 spiro atoms. The van der Waals surface area contributed by atoms with Gasteiger partial charge >= 0.3 is 24.3 Å². The van der Waals surface area contributed by atoms with E-state index in [9.17, 15) is 56.0 Å². The molecule has 2 aromatic rings. The number of rotatable bonds is 10. The van der Waals surface area contributed by atoms with Crippen molar-refractivity contribution in [2.24, 2.45) is 5.92 Å². The number of carbonyl (C=O) groups is 3. The summed E-state index contributed by atoms with van der Waals surface area (Å²) in [6.45, 7) is 6.78. The van der Waals surface area contributed by atoms with Crippen LogP contribution in [0.1, 0.15) is 85.2 Å². The molecule has 2 aliphatic heterocycles. The number of nitrogens with zero attached hydrogens (tertiary/aromatic N) is 2. The zero-order valence-corrected chi connectivity index (χ0v) is 27.7. The third-order valence-electron chi connectivity index (χ3n) is 9.84. The number of hydrogen-bond donors (Lipinski definition) is 3. The first kappa shape index (κ1) is 36.8. The maximum atomic E-state index is 13.7. The number of halogens is 6. The second kappa shape index (κ2) is 12.7. The van der Waals surface area contributed by atoms with Crippen LogP contribution < -0.4 is 4.90 Å². The Kier molecular flexibility index (Phi) is 9.35. The zero-order valence-electron chi connectivity index (χ0n) is 27.7. The summed E-state index contributed by atoms with van der Waals surface area (Å²) >= 11 is 0. The number of allylic oxidation sites excluding steroid dienone is 2. The summed E-state index contributed by atoms with van der Waals surface area (Å²) in [4.78, 5) is 38.8. The van der Waals surface area contributed by atoms with Gasteiger partial charge in [-0.25, -0.2) is 9.59 Å². The predicted molar refractivity (Wildman–Crippen MR) is 171 cm³/mol. The lowest BCUT2D eigenvalue weighted by Gasteiger charge is -2.35. The first-order valence-electron chi connectivity index (χ1n) is 16.0. The molecule has 5 rings (SSSR count). The highest BCUT2D eigenvalue weighted by molar-refractivity contribution is 6.14. The highest BCUT2D eigenvalue weighted by atomic mass is 19.4. The number of Topliss-reactive ketones (excluding diaryl/α,β-unsaturated/α-hetero) is 1. The van der Waals surface area contributed by atoms with Crippen molar-refractivity contribution in [1.29, 1.82) is 0 Å². The highest BCUT2D eigenvalue weighted by Crippen LogP contribution is 2.50. The minimum atomic E-state index is -4.41. The van der Waals surface area contributed by atoms with Gasteiger partial charge in [0.1, 0.15) is 6.54 Å². The first-order chi connectivity index (χ1) is 23.0. The molecule has 0 bridgehead atoms. The van der Waals surface area contributed by atoms with E-state index in [4.69, 9.17) is 0 Å². The third kappa shape index (κ3) is 6.81. The van der Waals surface area contributed by atoms with Gasteiger partial charge in [0.2, 0.25) is 5.69 Å². The van der Waals surface area contributed by atoms with E-state index in [0.717, 1.165) is 0 Å². The minimum absolute atomic E-state index is 0.0212. The van der Waals surface area contributed by atoms with Crippen LogP contribution in [0.25, 0.3) is 0 Å². The van der Waals surface area contributed by atoms with Gasteiger partial charge in [0.05, 0.1) is 28.6 Å². The molecule has 3 N–H and O–H groups in total. The van der Waals surface area contributed by atoms with E-state index in [-0.39, 0.29) is 42.6 Å². The maximum absolute atomic E-state index is 13.7. The van der Waals surface area contributed by atoms with Gasteiger partial charge in [-0.3, -0.25) is 4.79 Å². The Labute approximate surface area is 284 Å². The van der Waals surface area contributed by atoms with E-state index in [0.29, 0.717) is 33.9 Å². The zero-order chi connectivity index (χ0) is 37.1. The number of aliphatic hydroxyl groups excluding tert-OH is 1. The van der Waals surface area contributed by atoms with Crippen molar-refractivity contribution in [3.05, 3.63) is 82.1 Å². The quantitative estimate of drug-likeness (QED) is 0.135. The van der Waals surface area contributed by atoms with E-state index in [2.05, 4.69) is 0 Å². The molecule has 1 aliphatic carbocycles. The summed E-state index contributed by atoms with van der Waals surface area (Å²) < 4.78 is 80.1. The van der Waals surface area contributed by atoms with Crippen molar-refractivity contribution in [2.45, 2.75) is 82.7 Å². The third-order valence-corrected chi connectivity index (χ3v) is 9.84. The first-order valence-corrected chi connectivity index (χ1v) is 16.0. The van der Waals surface area contributed by atoms with Crippen molar-refractivity contribution in [2.75, 3.05) is 18.0 Å². The SMILES string of the molecule is CC1(C)C(/C=C2\C(=O)C(/C=C3\N(CCCC(F)(F)F)c4ccc(C(=O)O)cc4C3(C)C)C2O)=[N+](CCCC(F)(F)F)c2ccc(C(=O)O)cc21. The molecule has 2 unspecified atom stereocenters. The molecule has 0 radical (unpaired) electrons. The number of fused-ring (bicyclic) bond motifs is 2. The standard InChI is InChI=1S/C36H36F6N2O6/c1-33(2)23-15-19(31(47)48)7-9-25(23)43(13-5-11-35(37,38)39)27(33)17-21-29(45)22(30(21)46)18-28-34(3,4)24-16-20(32(49)50)8-10-26(24)44(28)14-6-12-36(40,41)42/h7-10,15-18,21,29,45H,5-6,11-14H2,1-4H3,(H-,47,48,49,50)/p+1/b22-18-,27-17-. The Balaban J connectivity index is 1.52. The molecule has 2 atom stereocenters. The lowest BCUT2D eigenvalue weighted by atomic mass is 9.71. The Morgan fingerprint density at radius 1 is 0.860 bits per heavy atom. The van der Waals surface area contributed by atoms with Crippen molar-refractivity contribution in [1.82, 2.24) is 0 Å². The number of carbonyl (C=O) groups excluding carboxylic acids is 1. The van der Waals surface area contributed by atoms with Crippen LogP contribution in [-0.4, -0.2) is 74.9 Å². The van der Waals surface area contributed by atoms with Crippen LogP contribution in [0, 0.1) is 5.92 Å². The molecule has 0 aromatic heterocycles. The van der Waals surface area contributed by atoms with E-state index in [1.807, 2.05) is 0 Å². The number of hydrogen-bond acceptors (Lipinski definition) is 5. The monoisotopic (exact) mass is 707 g/mol. The molecular formula is C36H37F6N2O6+. The molecule has 0 amide bonds. The summed E-state index contributed by atoms with van der Waals surface area (Å²) in [6.07, 6.45) is -9.97. The van der Waals surface area contributed by atoms with Gasteiger partial charge < -0.3 is 20.2 Å². The Bertz CT molecular complexity index is 1850. The van der Waals surface area contributed by atoms with Crippen LogP contribution in [0.5, 0.6) is 0 Å². The van der Waals surface area contributed by atoms with Crippen LogP contribution in [-0.2, 0) is 15.6 Å². The molecule has 1 fully saturated rings. The minimum Gasteiger partial charge on any atom is -0.478 e. The summed E-state index contributed by atoms with van der Waals surface area (Å²) in [7, 11) is 0. The average molecular weight is 708 g/mol. The van der Waals surface area contributed by atoms with Crippen molar-refractivity contribution < 1.29 is 60.6 Å². The fourth-order valence-corrected chi connectivity index (χ4v) is 7.15. The van der Waals surface area contributed by atoms with Crippen molar-refractivity contribution in [3.63, 3.8) is 0 Å². The number of aliphatic hydroxyl groups is 1. The van der Waals surface area contributed by atoms with Crippen LogP contribution in [0.15, 0.2) is 59.8 Å². The van der Waals surface area contributed by atoms with E-state index in [1.54, 1.807) is 37.2 Å². The lowest BCUT2D eigenvalue weighted by Crippen LogP contribution is -2.46. The number of alkyl halides is 6. The number of carboxylic acids is 2. The van der Waals surface area contributed by atoms with Gasteiger partial charge in [-0.15, -0.1) is 0 Å². The van der Waals surface area contributed by atoms with Crippen LogP contribution in [0.3, 0.4) is 0 Å². The summed E-state index contributed by atoms with van der Waals surface area (Å²) in [5, 5.41) is 30.5. The summed E-state index contributed by atoms with van der Waals surface area (Å²) in [6, 6.07) is 8.60. The number of aromatic carboxylic acids is 2. The molecule has 14 heteroatoms. The highest BCUT2D eigenvalue weighted by Gasteiger charge is 2.51. The fourth-order valence-electron chi connectivity index (χ4n) is 7.15. The average Bonchev–Trinajstić information content (AvgIpc) is 3.34. The second-order valence-corrected chi connectivity index (χ2v) is 13.9. The molecule has 1 saturated carbocycles. The largest absolute Gasteiger partial charge is 0.478 e. The smallest absolute Gasteiger partial charge is 0.389 e. The van der Waals surface area contributed by atoms with Gasteiger partial charge in [0.25, 0.3) is 0 Å². The van der Waals surface area contributed by atoms with Crippen LogP contribution in [0.4, 0.5) is 37.7 Å². The normalized spacial score (nSPS) is 22.6. The number of anilines is 1. The summed E-state index contributed by atoms with van der Waals surface area (Å²) in [5.74, 6) is -3.99.